The Morgan fingerprint density at radius 2 is 1.96 bits per heavy atom. The van der Waals surface area contributed by atoms with Crippen molar-refractivity contribution in [3.05, 3.63) is 57.3 Å². The number of rotatable bonds is 2. The second-order valence-corrected chi connectivity index (χ2v) is 6.97. The van der Waals surface area contributed by atoms with Crippen molar-refractivity contribution in [1.29, 1.82) is 0 Å². The number of carbonyl (C=O) groups excluding carboxylic acids is 2. The molecule has 4 rings (SSSR count). The average molecular weight is 371 g/mol. The molecule has 6 nitrogen and oxygen atoms in total. The number of Topliss-reactive ketones (excluding diaryl/α,β-unsaturated/α-hetero) is 1. The van der Waals surface area contributed by atoms with E-state index in [-0.39, 0.29) is 36.6 Å². The standard InChI is InChI=1S/C20H18FNO5/c1-10-17-15(23)3-2-4-16(17)27-18(10)19(24)22-8-7-11-13(9-22)12(20(25)26)5-6-14(11)21/h5-6H,2-4,7-9H2,1H3,(H,25,26). The number of aromatic carboxylic acids is 1. The zero-order valence-corrected chi connectivity index (χ0v) is 14.8. The molecule has 0 bridgehead atoms. The highest BCUT2D eigenvalue weighted by atomic mass is 19.1. The summed E-state index contributed by atoms with van der Waals surface area (Å²) in [4.78, 5) is 38.1. The van der Waals surface area contributed by atoms with Crippen LogP contribution >= 0.6 is 0 Å². The Kier molecular flexibility index (Phi) is 4.09. The molecule has 140 valence electrons. The number of ketones is 1. The monoisotopic (exact) mass is 371 g/mol. The molecule has 0 radical (unpaired) electrons. The van der Waals surface area contributed by atoms with E-state index >= 15 is 0 Å². The van der Waals surface area contributed by atoms with Crippen LogP contribution in [-0.4, -0.2) is 34.2 Å². The van der Waals surface area contributed by atoms with Crippen LogP contribution in [0.25, 0.3) is 0 Å². The molecule has 0 spiro atoms. The summed E-state index contributed by atoms with van der Waals surface area (Å²) in [5, 5.41) is 9.38. The van der Waals surface area contributed by atoms with Gasteiger partial charge in [-0.05, 0) is 43.0 Å². The Morgan fingerprint density at radius 3 is 2.67 bits per heavy atom. The highest BCUT2D eigenvalue weighted by Crippen LogP contribution is 2.32. The molecular weight excluding hydrogens is 353 g/mol. The van der Waals surface area contributed by atoms with Crippen LogP contribution in [0.1, 0.15) is 66.6 Å². The topological polar surface area (TPSA) is 87.8 Å². The summed E-state index contributed by atoms with van der Waals surface area (Å²) in [6, 6.07) is 2.37. The fraction of sp³-hybridized carbons (Fsp3) is 0.350. The van der Waals surface area contributed by atoms with Crippen molar-refractivity contribution in [3.63, 3.8) is 0 Å². The van der Waals surface area contributed by atoms with E-state index in [4.69, 9.17) is 4.42 Å². The molecule has 2 aliphatic rings. The highest BCUT2D eigenvalue weighted by molar-refractivity contribution is 6.03. The molecular formula is C20H18FNO5. The predicted molar refractivity (Wildman–Crippen MR) is 92.5 cm³/mol. The molecule has 0 saturated carbocycles. The van der Waals surface area contributed by atoms with Gasteiger partial charge in [0.25, 0.3) is 5.91 Å². The van der Waals surface area contributed by atoms with Gasteiger partial charge in [0.2, 0.25) is 0 Å². The number of halogens is 1. The van der Waals surface area contributed by atoms with Crippen LogP contribution < -0.4 is 0 Å². The van der Waals surface area contributed by atoms with Gasteiger partial charge in [-0.2, -0.15) is 0 Å². The van der Waals surface area contributed by atoms with Gasteiger partial charge in [0, 0.05) is 31.5 Å². The Morgan fingerprint density at radius 1 is 1.19 bits per heavy atom. The van der Waals surface area contributed by atoms with Gasteiger partial charge in [-0.25, -0.2) is 9.18 Å². The van der Waals surface area contributed by atoms with Gasteiger partial charge in [-0.3, -0.25) is 9.59 Å². The van der Waals surface area contributed by atoms with E-state index in [2.05, 4.69) is 0 Å². The number of carboxylic acid groups (broad SMARTS) is 1. The molecule has 1 N–H and O–H groups in total. The molecule has 1 aromatic heterocycles. The lowest BCUT2D eigenvalue weighted by Gasteiger charge is -2.29. The first-order valence-electron chi connectivity index (χ1n) is 8.86. The summed E-state index contributed by atoms with van der Waals surface area (Å²) >= 11 is 0. The Bertz CT molecular complexity index is 991. The highest BCUT2D eigenvalue weighted by Gasteiger charge is 2.33. The van der Waals surface area contributed by atoms with Crippen molar-refractivity contribution in [1.82, 2.24) is 4.90 Å². The first-order valence-corrected chi connectivity index (χ1v) is 8.86. The number of benzene rings is 1. The number of furan rings is 1. The molecule has 2 heterocycles. The molecule has 1 aliphatic carbocycles. The molecule has 7 heteroatoms. The Hall–Kier alpha value is -2.96. The number of hydrogen-bond donors (Lipinski definition) is 1. The molecule has 1 aliphatic heterocycles. The van der Waals surface area contributed by atoms with E-state index in [0.717, 1.165) is 6.07 Å². The fourth-order valence-electron chi connectivity index (χ4n) is 4.00. The van der Waals surface area contributed by atoms with Crippen molar-refractivity contribution in [2.24, 2.45) is 0 Å². The van der Waals surface area contributed by atoms with Crippen LogP contribution in [0.15, 0.2) is 16.5 Å². The van der Waals surface area contributed by atoms with Gasteiger partial charge in [-0.15, -0.1) is 0 Å². The zero-order chi connectivity index (χ0) is 19.3. The number of carboxylic acids is 1. The number of fused-ring (bicyclic) bond motifs is 2. The van der Waals surface area contributed by atoms with Gasteiger partial charge in [0.1, 0.15) is 11.6 Å². The Labute approximate surface area is 154 Å². The van der Waals surface area contributed by atoms with Gasteiger partial charge >= 0.3 is 5.97 Å². The maximum Gasteiger partial charge on any atom is 0.336 e. The molecule has 27 heavy (non-hydrogen) atoms. The van der Waals surface area contributed by atoms with Crippen molar-refractivity contribution in [2.45, 2.75) is 39.2 Å². The average Bonchev–Trinajstić information content (AvgIpc) is 2.98. The van der Waals surface area contributed by atoms with E-state index in [1.165, 1.54) is 11.0 Å². The van der Waals surface area contributed by atoms with Crippen LogP contribution in [-0.2, 0) is 19.4 Å². The molecule has 0 saturated heterocycles. The first-order chi connectivity index (χ1) is 12.9. The molecule has 0 fully saturated rings. The molecule has 0 atom stereocenters. The van der Waals surface area contributed by atoms with Crippen LogP contribution in [0, 0.1) is 12.7 Å². The van der Waals surface area contributed by atoms with Crippen molar-refractivity contribution in [3.8, 4) is 0 Å². The Balaban J connectivity index is 1.69. The minimum absolute atomic E-state index is 0.00506. The minimum Gasteiger partial charge on any atom is -0.478 e. The smallest absolute Gasteiger partial charge is 0.336 e. The van der Waals surface area contributed by atoms with Gasteiger partial charge in [0.05, 0.1) is 11.1 Å². The third kappa shape index (κ3) is 2.74. The van der Waals surface area contributed by atoms with Crippen LogP contribution in [0.4, 0.5) is 4.39 Å². The second-order valence-electron chi connectivity index (χ2n) is 6.97. The van der Waals surface area contributed by atoms with Crippen molar-refractivity contribution >= 4 is 17.7 Å². The van der Waals surface area contributed by atoms with Crippen molar-refractivity contribution < 1.29 is 28.3 Å². The summed E-state index contributed by atoms with van der Waals surface area (Å²) in [5.74, 6) is -1.38. The van der Waals surface area contributed by atoms with Crippen molar-refractivity contribution in [2.75, 3.05) is 6.54 Å². The largest absolute Gasteiger partial charge is 0.478 e. The quantitative estimate of drug-likeness (QED) is 0.876. The lowest BCUT2D eigenvalue weighted by molar-refractivity contribution is 0.0665. The normalized spacial score (nSPS) is 16.1. The maximum atomic E-state index is 14.1. The van der Waals surface area contributed by atoms with E-state index in [9.17, 15) is 23.9 Å². The minimum atomic E-state index is -1.16. The lowest BCUT2D eigenvalue weighted by atomic mass is 9.93. The van der Waals surface area contributed by atoms with Crippen LogP contribution in [0.2, 0.25) is 0 Å². The molecule has 2 aromatic rings. The first kappa shape index (κ1) is 17.5. The van der Waals surface area contributed by atoms with Gasteiger partial charge < -0.3 is 14.4 Å². The second kappa shape index (κ2) is 6.33. The van der Waals surface area contributed by atoms with Gasteiger partial charge in [0.15, 0.2) is 11.5 Å². The lowest BCUT2D eigenvalue weighted by Crippen LogP contribution is -2.37. The number of amides is 1. The SMILES string of the molecule is Cc1c(C(=O)N2CCc3c(F)ccc(C(=O)O)c3C2)oc2c1C(=O)CCC2. The van der Waals surface area contributed by atoms with E-state index in [1.54, 1.807) is 6.92 Å². The zero-order valence-electron chi connectivity index (χ0n) is 14.8. The fourth-order valence-corrected chi connectivity index (χ4v) is 4.00. The van der Waals surface area contributed by atoms with Crippen LogP contribution in [0.3, 0.4) is 0 Å². The summed E-state index contributed by atoms with van der Waals surface area (Å²) in [7, 11) is 0. The maximum absolute atomic E-state index is 14.1. The third-order valence-corrected chi connectivity index (χ3v) is 5.37. The number of carbonyl (C=O) groups is 3. The molecule has 0 unspecified atom stereocenters. The molecule has 1 aromatic carbocycles. The van der Waals surface area contributed by atoms with E-state index < -0.39 is 17.7 Å². The van der Waals surface area contributed by atoms with E-state index in [1.807, 2.05) is 0 Å². The summed E-state index contributed by atoms with van der Waals surface area (Å²) in [6.45, 7) is 1.94. The summed E-state index contributed by atoms with van der Waals surface area (Å²) in [6.07, 6.45) is 1.99. The number of hydrogen-bond acceptors (Lipinski definition) is 4. The summed E-state index contributed by atoms with van der Waals surface area (Å²) < 4.78 is 19.8. The number of nitrogens with zero attached hydrogens (tertiary/aromatic N) is 1. The summed E-state index contributed by atoms with van der Waals surface area (Å²) in [5.41, 5.74) is 1.67. The van der Waals surface area contributed by atoms with Crippen LogP contribution in [0.5, 0.6) is 0 Å². The van der Waals surface area contributed by atoms with E-state index in [0.29, 0.717) is 47.3 Å². The number of aryl methyl sites for hydroxylation is 1. The predicted octanol–water partition coefficient (Wildman–Crippen LogP) is 3.14. The third-order valence-electron chi connectivity index (χ3n) is 5.37. The molecule has 1 amide bonds. The van der Waals surface area contributed by atoms with Gasteiger partial charge in [-0.1, -0.05) is 0 Å².